The Labute approximate surface area is 175 Å². The number of aryl methyl sites for hydroxylation is 1. The van der Waals surface area contributed by atoms with Crippen molar-refractivity contribution in [1.82, 2.24) is 29.4 Å². The van der Waals surface area contributed by atoms with Crippen molar-refractivity contribution < 1.29 is 0 Å². The van der Waals surface area contributed by atoms with Gasteiger partial charge in [0.15, 0.2) is 11.6 Å². The van der Waals surface area contributed by atoms with Crippen LogP contribution in [0.25, 0.3) is 5.65 Å². The molecule has 1 N–H and O–H groups in total. The minimum atomic E-state index is 0. The van der Waals surface area contributed by atoms with Gasteiger partial charge in [0.2, 0.25) is 0 Å². The number of guanidine groups is 1. The van der Waals surface area contributed by atoms with E-state index in [0.29, 0.717) is 0 Å². The summed E-state index contributed by atoms with van der Waals surface area (Å²) in [6.45, 7) is 1.44. The van der Waals surface area contributed by atoms with Crippen LogP contribution >= 0.6 is 35.6 Å². The molecule has 0 bridgehead atoms. The van der Waals surface area contributed by atoms with Gasteiger partial charge >= 0.3 is 0 Å². The Hall–Kier alpha value is -1.81. The molecule has 26 heavy (non-hydrogen) atoms. The zero-order valence-corrected chi connectivity index (χ0v) is 18.1. The fourth-order valence-electron chi connectivity index (χ4n) is 2.77. The minimum Gasteiger partial charge on any atom is -0.356 e. The lowest BCUT2D eigenvalue weighted by molar-refractivity contribution is 0.462. The van der Waals surface area contributed by atoms with Crippen molar-refractivity contribution in [1.29, 1.82) is 0 Å². The van der Waals surface area contributed by atoms with E-state index in [9.17, 15) is 0 Å². The van der Waals surface area contributed by atoms with Crippen molar-refractivity contribution in [3.8, 4) is 0 Å². The first kappa shape index (κ1) is 20.5. The van der Waals surface area contributed by atoms with Gasteiger partial charge in [0.1, 0.15) is 5.82 Å². The summed E-state index contributed by atoms with van der Waals surface area (Å²) in [7, 11) is 5.77. The van der Waals surface area contributed by atoms with Crippen molar-refractivity contribution in [3.63, 3.8) is 0 Å². The number of aromatic nitrogens is 4. The molecule has 0 amide bonds. The highest BCUT2D eigenvalue weighted by molar-refractivity contribution is 14.0. The SMILES string of the molecule is CN=C(NCCc1nnc2ccccn12)N(C)Cc1cc(Cl)cn1C.I. The Bertz CT molecular complexity index is 886. The lowest BCUT2D eigenvalue weighted by Crippen LogP contribution is -2.39. The molecule has 0 atom stereocenters. The number of aliphatic imine (C=N–C) groups is 1. The lowest BCUT2D eigenvalue weighted by atomic mass is 10.3. The fraction of sp³-hybridized carbons (Fsp3) is 0.353. The smallest absolute Gasteiger partial charge is 0.193 e. The van der Waals surface area contributed by atoms with Crippen LogP contribution < -0.4 is 5.32 Å². The maximum Gasteiger partial charge on any atom is 0.193 e. The van der Waals surface area contributed by atoms with Crippen molar-refractivity contribution in [2.75, 3.05) is 20.6 Å². The van der Waals surface area contributed by atoms with Crippen LogP contribution in [-0.4, -0.2) is 50.7 Å². The van der Waals surface area contributed by atoms with E-state index in [1.807, 2.05) is 59.7 Å². The summed E-state index contributed by atoms with van der Waals surface area (Å²) < 4.78 is 4.02. The van der Waals surface area contributed by atoms with Crippen LogP contribution in [0.2, 0.25) is 5.02 Å². The summed E-state index contributed by atoms with van der Waals surface area (Å²) in [4.78, 5) is 6.41. The molecule has 0 radical (unpaired) electrons. The number of rotatable bonds is 5. The van der Waals surface area contributed by atoms with Gasteiger partial charge in [-0.2, -0.15) is 0 Å². The summed E-state index contributed by atoms with van der Waals surface area (Å²) in [6.07, 6.45) is 4.64. The molecule has 0 aliphatic rings. The quantitative estimate of drug-likeness (QED) is 0.341. The minimum absolute atomic E-state index is 0. The molecule has 9 heteroatoms. The predicted molar refractivity (Wildman–Crippen MR) is 115 cm³/mol. The van der Waals surface area contributed by atoms with Gasteiger partial charge in [0.05, 0.1) is 11.6 Å². The molecule has 0 spiro atoms. The number of hydrogen-bond acceptors (Lipinski definition) is 3. The second-order valence-corrected chi connectivity index (χ2v) is 6.32. The van der Waals surface area contributed by atoms with Crippen LogP contribution in [0.5, 0.6) is 0 Å². The second-order valence-electron chi connectivity index (χ2n) is 5.89. The maximum atomic E-state index is 6.05. The standard InChI is InChI=1S/C17H22ClN7.HI/c1-19-17(24(3)12-14-10-13(18)11-23(14)2)20-8-7-16-22-21-15-6-4-5-9-25(15)16;/h4-6,9-11H,7-8,12H2,1-3H3,(H,19,20);1H. The highest BCUT2D eigenvalue weighted by atomic mass is 127. The Balaban J connectivity index is 0.00000243. The van der Waals surface area contributed by atoms with Crippen molar-refractivity contribution in [2.24, 2.45) is 12.0 Å². The molecule has 3 aromatic rings. The first-order chi connectivity index (χ1) is 12.1. The van der Waals surface area contributed by atoms with E-state index in [1.54, 1.807) is 7.05 Å². The van der Waals surface area contributed by atoms with E-state index in [0.717, 1.165) is 47.7 Å². The van der Waals surface area contributed by atoms with Crippen LogP contribution in [0.15, 0.2) is 41.7 Å². The van der Waals surface area contributed by atoms with Gasteiger partial charge in [-0.1, -0.05) is 17.7 Å². The summed E-state index contributed by atoms with van der Waals surface area (Å²) >= 11 is 6.05. The first-order valence-electron chi connectivity index (χ1n) is 8.09. The molecule has 140 valence electrons. The van der Waals surface area contributed by atoms with Gasteiger partial charge in [-0.15, -0.1) is 34.2 Å². The topological polar surface area (TPSA) is 62.8 Å². The Kier molecular flexibility index (Phi) is 7.27. The van der Waals surface area contributed by atoms with Crippen molar-refractivity contribution in [3.05, 3.63) is 53.2 Å². The molecule has 0 unspecified atom stereocenters. The molecular formula is C17H23ClIN7. The lowest BCUT2D eigenvalue weighted by Gasteiger charge is -2.22. The highest BCUT2D eigenvalue weighted by Crippen LogP contribution is 2.14. The molecule has 0 aliphatic heterocycles. The van der Waals surface area contributed by atoms with Crippen LogP contribution in [-0.2, 0) is 20.0 Å². The maximum absolute atomic E-state index is 6.05. The molecule has 0 fully saturated rings. The first-order valence-corrected chi connectivity index (χ1v) is 8.47. The summed E-state index contributed by atoms with van der Waals surface area (Å²) in [6, 6.07) is 7.85. The molecule has 3 rings (SSSR count). The zero-order valence-electron chi connectivity index (χ0n) is 15.1. The third-order valence-electron chi connectivity index (χ3n) is 4.06. The molecule has 0 aliphatic carbocycles. The number of halogens is 2. The van der Waals surface area contributed by atoms with Crippen molar-refractivity contribution in [2.45, 2.75) is 13.0 Å². The van der Waals surface area contributed by atoms with Gasteiger partial charge in [0.25, 0.3) is 0 Å². The predicted octanol–water partition coefficient (Wildman–Crippen LogP) is 2.59. The molecular weight excluding hydrogens is 465 g/mol. The number of pyridine rings is 1. The molecule has 3 aromatic heterocycles. The number of nitrogens with zero attached hydrogens (tertiary/aromatic N) is 6. The van der Waals surface area contributed by atoms with E-state index >= 15 is 0 Å². The monoisotopic (exact) mass is 487 g/mol. The Morgan fingerprint density at radius 3 is 2.85 bits per heavy atom. The van der Waals surface area contributed by atoms with E-state index < -0.39 is 0 Å². The fourth-order valence-corrected chi connectivity index (χ4v) is 3.05. The van der Waals surface area contributed by atoms with Gasteiger partial charge in [0, 0.05) is 52.2 Å². The van der Waals surface area contributed by atoms with E-state index in [1.165, 1.54) is 0 Å². The van der Waals surface area contributed by atoms with Crippen molar-refractivity contribution >= 4 is 47.2 Å². The van der Waals surface area contributed by atoms with Crippen LogP contribution in [0.3, 0.4) is 0 Å². The molecule has 0 aromatic carbocycles. The normalized spacial score (nSPS) is 11.5. The largest absolute Gasteiger partial charge is 0.356 e. The summed E-state index contributed by atoms with van der Waals surface area (Å²) in [5.41, 5.74) is 1.98. The Morgan fingerprint density at radius 2 is 2.15 bits per heavy atom. The van der Waals surface area contributed by atoms with Gasteiger partial charge in [-0.05, 0) is 18.2 Å². The van der Waals surface area contributed by atoms with Crippen LogP contribution in [0.1, 0.15) is 11.5 Å². The van der Waals surface area contributed by atoms with E-state index in [2.05, 4.69) is 25.4 Å². The summed E-state index contributed by atoms with van der Waals surface area (Å²) in [5, 5.41) is 12.5. The summed E-state index contributed by atoms with van der Waals surface area (Å²) in [5.74, 6) is 1.75. The van der Waals surface area contributed by atoms with Gasteiger partial charge in [-0.25, -0.2) is 0 Å². The van der Waals surface area contributed by atoms with Crippen LogP contribution in [0, 0.1) is 0 Å². The third kappa shape index (κ3) is 4.67. The number of fused-ring (bicyclic) bond motifs is 1. The molecule has 7 nitrogen and oxygen atoms in total. The third-order valence-corrected chi connectivity index (χ3v) is 4.27. The van der Waals surface area contributed by atoms with E-state index in [-0.39, 0.29) is 24.0 Å². The van der Waals surface area contributed by atoms with Gasteiger partial charge < -0.3 is 14.8 Å². The van der Waals surface area contributed by atoms with E-state index in [4.69, 9.17) is 11.6 Å². The Morgan fingerprint density at radius 1 is 1.35 bits per heavy atom. The van der Waals surface area contributed by atoms with Crippen LogP contribution in [0.4, 0.5) is 0 Å². The highest BCUT2D eigenvalue weighted by Gasteiger charge is 2.10. The molecule has 0 saturated heterocycles. The average molecular weight is 488 g/mol. The molecule has 0 saturated carbocycles. The van der Waals surface area contributed by atoms with Gasteiger partial charge in [-0.3, -0.25) is 9.39 Å². The average Bonchev–Trinajstić information content (AvgIpc) is 3.14. The zero-order chi connectivity index (χ0) is 17.8. The molecule has 3 heterocycles. The number of nitrogens with one attached hydrogen (secondary N) is 1. The second kappa shape index (κ2) is 9.22. The number of hydrogen-bond donors (Lipinski definition) is 1.